The van der Waals surface area contributed by atoms with Gasteiger partial charge in [-0.05, 0) is 35.9 Å². The molecule has 0 aliphatic heterocycles. The molecule has 2 aromatic carbocycles. The van der Waals surface area contributed by atoms with Gasteiger partial charge in [0.2, 0.25) is 0 Å². The van der Waals surface area contributed by atoms with Crippen molar-refractivity contribution in [3.8, 4) is 0 Å². The van der Waals surface area contributed by atoms with E-state index in [1.54, 1.807) is 24.3 Å². The Hall–Kier alpha value is -3.15. The highest BCUT2D eigenvalue weighted by molar-refractivity contribution is 6.05. The van der Waals surface area contributed by atoms with E-state index < -0.39 is 17.8 Å². The Balaban J connectivity index is 2.18. The molecule has 1 amide bonds. The summed E-state index contributed by atoms with van der Waals surface area (Å²) in [7, 11) is 0. The second-order valence-corrected chi connectivity index (χ2v) is 4.56. The Kier molecular flexibility index (Phi) is 4.53. The van der Waals surface area contributed by atoms with E-state index in [1.165, 1.54) is 24.3 Å². The molecule has 0 spiro atoms. The van der Waals surface area contributed by atoms with Crippen molar-refractivity contribution in [1.29, 1.82) is 0 Å². The number of carboxylic acids is 2. The van der Waals surface area contributed by atoms with Crippen molar-refractivity contribution in [2.75, 3.05) is 5.32 Å². The first kappa shape index (κ1) is 15.2. The van der Waals surface area contributed by atoms with Gasteiger partial charge in [0.05, 0.1) is 12.0 Å². The first-order valence-corrected chi connectivity index (χ1v) is 6.42. The van der Waals surface area contributed by atoms with Gasteiger partial charge in [-0.3, -0.25) is 9.59 Å². The molecule has 0 atom stereocenters. The van der Waals surface area contributed by atoms with Crippen LogP contribution in [0, 0.1) is 0 Å². The second-order valence-electron chi connectivity index (χ2n) is 4.56. The number of aliphatic carboxylic acids is 1. The number of aromatic carboxylic acids is 1. The molecule has 22 heavy (non-hydrogen) atoms. The average molecular weight is 299 g/mol. The lowest BCUT2D eigenvalue weighted by atomic mass is 10.1. The third-order valence-corrected chi connectivity index (χ3v) is 3.00. The number of anilines is 1. The van der Waals surface area contributed by atoms with Crippen LogP contribution < -0.4 is 5.32 Å². The van der Waals surface area contributed by atoms with Crippen molar-refractivity contribution in [3.05, 3.63) is 65.2 Å². The highest BCUT2D eigenvalue weighted by Crippen LogP contribution is 2.17. The number of amides is 1. The molecular weight excluding hydrogens is 286 g/mol. The molecule has 0 aliphatic rings. The smallest absolute Gasteiger partial charge is 0.335 e. The number of hydrogen-bond acceptors (Lipinski definition) is 3. The van der Waals surface area contributed by atoms with Crippen LogP contribution >= 0.6 is 0 Å². The van der Waals surface area contributed by atoms with Gasteiger partial charge >= 0.3 is 11.9 Å². The summed E-state index contributed by atoms with van der Waals surface area (Å²) >= 11 is 0. The lowest BCUT2D eigenvalue weighted by molar-refractivity contribution is -0.136. The molecule has 0 fully saturated rings. The van der Waals surface area contributed by atoms with E-state index in [9.17, 15) is 14.4 Å². The van der Waals surface area contributed by atoms with Crippen molar-refractivity contribution >= 4 is 23.5 Å². The Morgan fingerprint density at radius 1 is 0.864 bits per heavy atom. The fraction of sp³-hybridized carbons (Fsp3) is 0.0625. The summed E-state index contributed by atoms with van der Waals surface area (Å²) < 4.78 is 0. The van der Waals surface area contributed by atoms with E-state index in [1.807, 2.05) is 0 Å². The van der Waals surface area contributed by atoms with Gasteiger partial charge in [0.15, 0.2) is 0 Å². The molecule has 0 unspecified atom stereocenters. The number of rotatable bonds is 5. The van der Waals surface area contributed by atoms with Crippen LogP contribution in [-0.2, 0) is 11.2 Å². The zero-order valence-corrected chi connectivity index (χ0v) is 11.4. The van der Waals surface area contributed by atoms with Crippen molar-refractivity contribution in [3.63, 3.8) is 0 Å². The third kappa shape index (κ3) is 3.69. The number of carbonyl (C=O) groups is 3. The summed E-state index contributed by atoms with van der Waals surface area (Å²) in [6.07, 6.45) is -0.200. The standard InChI is InChI=1S/C16H13NO5/c18-14(19)9-12-3-1-2-4-13(12)17-15(20)10-5-7-11(8-6-10)16(21)22/h1-8H,9H2,(H,17,20)(H,18,19)(H,21,22). The molecule has 0 heterocycles. The van der Waals surface area contributed by atoms with Crippen LogP contribution in [0.1, 0.15) is 26.3 Å². The number of para-hydroxylation sites is 1. The third-order valence-electron chi connectivity index (χ3n) is 3.00. The lowest BCUT2D eigenvalue weighted by Gasteiger charge is -2.09. The predicted octanol–water partition coefficient (Wildman–Crippen LogP) is 2.26. The summed E-state index contributed by atoms with van der Waals surface area (Å²) in [5, 5.41) is 20.3. The normalized spacial score (nSPS) is 10.0. The van der Waals surface area contributed by atoms with E-state index in [4.69, 9.17) is 10.2 Å². The minimum atomic E-state index is -1.07. The molecule has 2 rings (SSSR count). The fourth-order valence-corrected chi connectivity index (χ4v) is 1.92. The maximum atomic E-state index is 12.1. The van der Waals surface area contributed by atoms with E-state index in [2.05, 4.69) is 5.32 Å². The van der Waals surface area contributed by atoms with E-state index in [0.29, 0.717) is 11.3 Å². The Bertz CT molecular complexity index is 722. The maximum Gasteiger partial charge on any atom is 0.335 e. The van der Waals surface area contributed by atoms with Crippen LogP contribution in [0.3, 0.4) is 0 Å². The van der Waals surface area contributed by atoms with Gasteiger partial charge < -0.3 is 15.5 Å². The zero-order valence-electron chi connectivity index (χ0n) is 11.4. The van der Waals surface area contributed by atoms with Crippen LogP contribution in [0.15, 0.2) is 48.5 Å². The monoisotopic (exact) mass is 299 g/mol. The molecule has 0 saturated heterocycles. The Morgan fingerprint density at radius 2 is 1.45 bits per heavy atom. The molecule has 0 bridgehead atoms. The van der Waals surface area contributed by atoms with Crippen LogP contribution in [0.4, 0.5) is 5.69 Å². The molecule has 3 N–H and O–H groups in total. The molecular formula is C16H13NO5. The van der Waals surface area contributed by atoms with Crippen molar-refractivity contribution in [1.82, 2.24) is 0 Å². The molecule has 6 heteroatoms. The highest BCUT2D eigenvalue weighted by Gasteiger charge is 2.11. The summed E-state index contributed by atoms with van der Waals surface area (Å²) in [6.45, 7) is 0. The number of nitrogens with one attached hydrogen (secondary N) is 1. The van der Waals surface area contributed by atoms with Gasteiger partial charge in [-0.15, -0.1) is 0 Å². The molecule has 0 saturated carbocycles. The Morgan fingerprint density at radius 3 is 2.05 bits per heavy atom. The largest absolute Gasteiger partial charge is 0.481 e. The molecule has 112 valence electrons. The predicted molar refractivity (Wildman–Crippen MR) is 79.1 cm³/mol. The lowest BCUT2D eigenvalue weighted by Crippen LogP contribution is -2.14. The maximum absolute atomic E-state index is 12.1. The number of carboxylic acid groups (broad SMARTS) is 2. The molecule has 6 nitrogen and oxygen atoms in total. The van der Waals surface area contributed by atoms with Gasteiger partial charge in [-0.1, -0.05) is 18.2 Å². The second kappa shape index (κ2) is 6.53. The zero-order chi connectivity index (χ0) is 16.1. The summed E-state index contributed by atoms with van der Waals surface area (Å²) in [4.78, 5) is 33.7. The highest BCUT2D eigenvalue weighted by atomic mass is 16.4. The van der Waals surface area contributed by atoms with Crippen molar-refractivity contribution in [2.24, 2.45) is 0 Å². The molecule has 2 aromatic rings. The van der Waals surface area contributed by atoms with E-state index in [-0.39, 0.29) is 17.5 Å². The minimum absolute atomic E-state index is 0.0860. The first-order valence-electron chi connectivity index (χ1n) is 6.42. The van der Waals surface area contributed by atoms with Crippen molar-refractivity contribution in [2.45, 2.75) is 6.42 Å². The van der Waals surface area contributed by atoms with Crippen LogP contribution in [0.5, 0.6) is 0 Å². The average Bonchev–Trinajstić information content (AvgIpc) is 2.48. The van der Waals surface area contributed by atoms with Gasteiger partial charge in [0.25, 0.3) is 5.91 Å². The van der Waals surface area contributed by atoms with Gasteiger partial charge in [-0.25, -0.2) is 4.79 Å². The molecule has 0 aromatic heterocycles. The summed E-state index contributed by atoms with van der Waals surface area (Å²) in [6, 6.07) is 12.1. The quantitative estimate of drug-likeness (QED) is 0.785. The van der Waals surface area contributed by atoms with Crippen LogP contribution in [0.25, 0.3) is 0 Å². The van der Waals surface area contributed by atoms with Crippen LogP contribution in [-0.4, -0.2) is 28.1 Å². The van der Waals surface area contributed by atoms with E-state index in [0.717, 1.165) is 0 Å². The minimum Gasteiger partial charge on any atom is -0.481 e. The first-order chi connectivity index (χ1) is 10.5. The van der Waals surface area contributed by atoms with Crippen LogP contribution in [0.2, 0.25) is 0 Å². The van der Waals surface area contributed by atoms with Gasteiger partial charge in [0, 0.05) is 11.3 Å². The van der Waals surface area contributed by atoms with Gasteiger partial charge in [-0.2, -0.15) is 0 Å². The number of hydrogen-bond donors (Lipinski definition) is 3. The van der Waals surface area contributed by atoms with Crippen molar-refractivity contribution < 1.29 is 24.6 Å². The Labute approximate surface area is 126 Å². The fourth-order valence-electron chi connectivity index (χ4n) is 1.92. The van der Waals surface area contributed by atoms with Gasteiger partial charge in [0.1, 0.15) is 0 Å². The topological polar surface area (TPSA) is 104 Å². The molecule has 0 radical (unpaired) electrons. The number of benzene rings is 2. The summed E-state index contributed by atoms with van der Waals surface area (Å²) in [5.74, 6) is -2.50. The SMILES string of the molecule is O=C(O)Cc1ccccc1NC(=O)c1ccc(C(=O)O)cc1. The van der Waals surface area contributed by atoms with E-state index >= 15 is 0 Å². The summed E-state index contributed by atoms with van der Waals surface area (Å²) in [5.41, 5.74) is 1.28. The molecule has 0 aliphatic carbocycles. The number of carbonyl (C=O) groups excluding carboxylic acids is 1.